The van der Waals surface area contributed by atoms with E-state index in [4.69, 9.17) is 4.42 Å². The van der Waals surface area contributed by atoms with Gasteiger partial charge in [-0.3, -0.25) is 4.79 Å². The summed E-state index contributed by atoms with van der Waals surface area (Å²) >= 11 is 0. The maximum atomic E-state index is 13.8. The summed E-state index contributed by atoms with van der Waals surface area (Å²) in [4.78, 5) is 12.5. The molecule has 0 saturated carbocycles. The third kappa shape index (κ3) is 2.23. The molecule has 0 spiro atoms. The Bertz CT molecular complexity index is 863. The second-order valence-corrected chi connectivity index (χ2v) is 5.01. The van der Waals surface area contributed by atoms with E-state index in [1.807, 2.05) is 0 Å². The molecule has 0 aliphatic heterocycles. The Morgan fingerprint density at radius 2 is 1.81 bits per heavy atom. The fraction of sp³-hybridized carbons (Fsp3) is 0.118. The lowest BCUT2D eigenvalue weighted by Gasteiger charge is -2.02. The minimum absolute atomic E-state index is 0.0418. The van der Waals surface area contributed by atoms with Crippen LogP contribution >= 0.6 is 0 Å². The molecule has 0 N–H and O–H groups in total. The minimum atomic E-state index is -0.600. The van der Waals surface area contributed by atoms with E-state index in [2.05, 4.69) is 0 Å². The Morgan fingerprint density at radius 3 is 2.57 bits per heavy atom. The molecule has 0 saturated heterocycles. The first kappa shape index (κ1) is 13.5. The summed E-state index contributed by atoms with van der Waals surface area (Å²) in [7, 11) is 0. The Kier molecular flexibility index (Phi) is 3.09. The van der Waals surface area contributed by atoms with Gasteiger partial charge in [-0.15, -0.1) is 0 Å². The van der Waals surface area contributed by atoms with E-state index in [0.717, 1.165) is 5.56 Å². The summed E-state index contributed by atoms with van der Waals surface area (Å²) in [5, 5.41) is 0.520. The van der Waals surface area contributed by atoms with Gasteiger partial charge in [-0.05, 0) is 44.2 Å². The average Bonchev–Trinajstić information content (AvgIpc) is 2.78. The molecule has 0 aliphatic rings. The topological polar surface area (TPSA) is 30.2 Å². The molecule has 0 unspecified atom stereocenters. The van der Waals surface area contributed by atoms with Crippen LogP contribution in [0.2, 0.25) is 0 Å². The van der Waals surface area contributed by atoms with Gasteiger partial charge in [0.25, 0.3) is 0 Å². The molecular formula is C17H12F2O2. The van der Waals surface area contributed by atoms with Gasteiger partial charge in [0.05, 0.1) is 5.56 Å². The number of carbonyl (C=O) groups is 1. The number of aryl methyl sites for hydroxylation is 2. The molecule has 0 atom stereocenters. The number of halogens is 2. The molecule has 0 radical (unpaired) electrons. The second-order valence-electron chi connectivity index (χ2n) is 5.01. The molecule has 21 heavy (non-hydrogen) atoms. The first-order chi connectivity index (χ1) is 9.97. The van der Waals surface area contributed by atoms with Crippen LogP contribution in [0.1, 0.15) is 27.2 Å². The highest BCUT2D eigenvalue weighted by Crippen LogP contribution is 2.28. The zero-order chi connectivity index (χ0) is 15.1. The van der Waals surface area contributed by atoms with Crippen LogP contribution < -0.4 is 0 Å². The van der Waals surface area contributed by atoms with Crippen molar-refractivity contribution in [3.05, 3.63) is 70.5 Å². The summed E-state index contributed by atoms with van der Waals surface area (Å²) in [5.74, 6) is -1.51. The van der Waals surface area contributed by atoms with Gasteiger partial charge >= 0.3 is 0 Å². The van der Waals surface area contributed by atoms with Gasteiger partial charge in [-0.1, -0.05) is 11.6 Å². The van der Waals surface area contributed by atoms with Crippen molar-refractivity contribution < 1.29 is 18.0 Å². The SMILES string of the molecule is Cc1ccc(F)c(C(=O)c2oc3ccc(F)cc3c2C)c1. The highest BCUT2D eigenvalue weighted by atomic mass is 19.1. The van der Waals surface area contributed by atoms with Crippen LogP contribution in [0.15, 0.2) is 40.8 Å². The molecule has 0 bridgehead atoms. The quantitative estimate of drug-likeness (QED) is 0.646. The maximum Gasteiger partial charge on any atom is 0.231 e. The molecule has 106 valence electrons. The standard InChI is InChI=1S/C17H12F2O2/c1-9-3-5-14(19)13(7-9)16(20)17-10(2)12-8-11(18)4-6-15(12)21-17/h3-8H,1-2H3. The van der Waals surface area contributed by atoms with Gasteiger partial charge in [-0.2, -0.15) is 0 Å². The normalized spacial score (nSPS) is 11.0. The minimum Gasteiger partial charge on any atom is -0.452 e. The third-order valence-corrected chi connectivity index (χ3v) is 3.47. The summed E-state index contributed by atoms with van der Waals surface area (Å²) in [5.41, 5.74) is 1.65. The van der Waals surface area contributed by atoms with Gasteiger partial charge in [0.1, 0.15) is 17.2 Å². The summed E-state index contributed by atoms with van der Waals surface area (Å²) in [6.45, 7) is 3.43. The number of benzene rings is 2. The number of furan rings is 1. The third-order valence-electron chi connectivity index (χ3n) is 3.47. The lowest BCUT2D eigenvalue weighted by Crippen LogP contribution is -2.05. The van der Waals surface area contributed by atoms with Gasteiger partial charge in [0.15, 0.2) is 5.76 Å². The van der Waals surface area contributed by atoms with E-state index in [1.54, 1.807) is 19.9 Å². The van der Waals surface area contributed by atoms with Crippen molar-refractivity contribution in [1.82, 2.24) is 0 Å². The molecule has 3 rings (SSSR count). The van der Waals surface area contributed by atoms with Crippen molar-refractivity contribution in [2.45, 2.75) is 13.8 Å². The Hall–Kier alpha value is -2.49. The largest absolute Gasteiger partial charge is 0.452 e. The predicted octanol–water partition coefficient (Wildman–Crippen LogP) is 4.56. The lowest BCUT2D eigenvalue weighted by atomic mass is 10.0. The smallest absolute Gasteiger partial charge is 0.231 e. The zero-order valence-electron chi connectivity index (χ0n) is 11.5. The van der Waals surface area contributed by atoms with Crippen LogP contribution in [-0.2, 0) is 0 Å². The summed E-state index contributed by atoms with van der Waals surface area (Å²) in [6, 6.07) is 8.34. The van der Waals surface area contributed by atoms with Gasteiger partial charge in [0, 0.05) is 10.9 Å². The molecule has 0 aliphatic carbocycles. The van der Waals surface area contributed by atoms with Crippen molar-refractivity contribution in [2.75, 3.05) is 0 Å². The number of hydrogen-bond donors (Lipinski definition) is 0. The Morgan fingerprint density at radius 1 is 1.05 bits per heavy atom. The van der Waals surface area contributed by atoms with Crippen LogP contribution in [0.3, 0.4) is 0 Å². The van der Waals surface area contributed by atoms with E-state index in [1.165, 1.54) is 30.3 Å². The lowest BCUT2D eigenvalue weighted by molar-refractivity contribution is 0.101. The first-order valence-corrected chi connectivity index (χ1v) is 6.47. The predicted molar refractivity (Wildman–Crippen MR) is 75.5 cm³/mol. The Balaban J connectivity index is 2.18. The number of rotatable bonds is 2. The Labute approximate surface area is 120 Å². The van der Waals surface area contributed by atoms with Gasteiger partial charge < -0.3 is 4.42 Å². The summed E-state index contributed by atoms with van der Waals surface area (Å²) < 4.78 is 32.6. The molecule has 0 amide bonds. The molecule has 0 fully saturated rings. The zero-order valence-corrected chi connectivity index (χ0v) is 11.5. The highest BCUT2D eigenvalue weighted by molar-refractivity contribution is 6.10. The molecule has 2 nitrogen and oxygen atoms in total. The second kappa shape index (κ2) is 4.81. The summed E-state index contributed by atoms with van der Waals surface area (Å²) in [6.07, 6.45) is 0. The number of fused-ring (bicyclic) bond motifs is 1. The number of hydrogen-bond acceptors (Lipinski definition) is 2. The van der Waals surface area contributed by atoms with Crippen molar-refractivity contribution in [2.24, 2.45) is 0 Å². The molecule has 1 aromatic heterocycles. The van der Waals surface area contributed by atoms with Crippen LogP contribution in [0, 0.1) is 25.5 Å². The molecule has 4 heteroatoms. The van der Waals surface area contributed by atoms with E-state index in [-0.39, 0.29) is 11.3 Å². The van der Waals surface area contributed by atoms with E-state index < -0.39 is 17.4 Å². The van der Waals surface area contributed by atoms with Crippen molar-refractivity contribution >= 4 is 16.8 Å². The van der Waals surface area contributed by atoms with E-state index >= 15 is 0 Å². The van der Waals surface area contributed by atoms with Crippen molar-refractivity contribution in [3.63, 3.8) is 0 Å². The van der Waals surface area contributed by atoms with Crippen LogP contribution in [-0.4, -0.2) is 5.78 Å². The fourth-order valence-corrected chi connectivity index (χ4v) is 2.35. The molecule has 3 aromatic rings. The monoisotopic (exact) mass is 286 g/mol. The van der Waals surface area contributed by atoms with Crippen LogP contribution in [0.4, 0.5) is 8.78 Å². The van der Waals surface area contributed by atoms with Gasteiger partial charge in [-0.25, -0.2) is 8.78 Å². The maximum absolute atomic E-state index is 13.8. The fourth-order valence-electron chi connectivity index (χ4n) is 2.35. The average molecular weight is 286 g/mol. The first-order valence-electron chi connectivity index (χ1n) is 6.47. The van der Waals surface area contributed by atoms with E-state index in [9.17, 15) is 13.6 Å². The van der Waals surface area contributed by atoms with Crippen molar-refractivity contribution in [1.29, 1.82) is 0 Å². The highest BCUT2D eigenvalue weighted by Gasteiger charge is 2.22. The molecule has 2 aromatic carbocycles. The number of ketones is 1. The van der Waals surface area contributed by atoms with Crippen LogP contribution in [0.25, 0.3) is 11.0 Å². The van der Waals surface area contributed by atoms with Crippen LogP contribution in [0.5, 0.6) is 0 Å². The van der Waals surface area contributed by atoms with E-state index in [0.29, 0.717) is 16.5 Å². The van der Waals surface area contributed by atoms with Gasteiger partial charge in [0.2, 0.25) is 5.78 Å². The molecule has 1 heterocycles. The number of carbonyl (C=O) groups excluding carboxylic acids is 1. The van der Waals surface area contributed by atoms with Crippen molar-refractivity contribution in [3.8, 4) is 0 Å². The molecular weight excluding hydrogens is 274 g/mol.